The van der Waals surface area contributed by atoms with Gasteiger partial charge in [-0.05, 0) is 113 Å². The molecule has 292 valence electrons. The van der Waals surface area contributed by atoms with Crippen LogP contribution in [0.1, 0.15) is 82.9 Å². The third kappa shape index (κ3) is 3.87. The van der Waals surface area contributed by atoms with Gasteiger partial charge in [0.1, 0.15) is 0 Å². The van der Waals surface area contributed by atoms with Crippen LogP contribution in [0.15, 0.2) is 97.1 Å². The Morgan fingerprint density at radius 1 is 0.258 bits per heavy atom. The van der Waals surface area contributed by atoms with Crippen molar-refractivity contribution in [3.8, 4) is 0 Å². The van der Waals surface area contributed by atoms with E-state index in [9.17, 15) is 38.4 Å². The van der Waals surface area contributed by atoms with Crippen LogP contribution in [-0.2, 0) is 9.47 Å². The molecule has 4 aliphatic rings. The van der Waals surface area contributed by atoms with Crippen LogP contribution in [0.5, 0.6) is 0 Å². The van der Waals surface area contributed by atoms with E-state index in [4.69, 9.17) is 9.47 Å². The van der Waals surface area contributed by atoms with Crippen molar-refractivity contribution in [2.75, 3.05) is 14.1 Å². The van der Waals surface area contributed by atoms with Crippen LogP contribution in [0, 0.1) is 0 Å². The molecule has 10 aromatic carbocycles. The van der Waals surface area contributed by atoms with E-state index in [-0.39, 0.29) is 23.6 Å². The highest BCUT2D eigenvalue weighted by Crippen LogP contribution is 2.48. The number of ether oxygens (including phenoxy) is 2. The number of nitrogens with zero attached hydrogens (tertiary/aromatic N) is 2. The summed E-state index contributed by atoms with van der Waals surface area (Å²) < 4.78 is 9.74. The normalized spacial score (nSPS) is 15.7. The number of hydrogen-bond acceptors (Lipinski definition) is 10. The fraction of sp³-hybridized carbons (Fsp3) is 0.0400. The molecule has 0 atom stereocenters. The topological polar surface area (TPSA) is 162 Å². The van der Waals surface area contributed by atoms with Gasteiger partial charge in [-0.1, -0.05) is 48.5 Å². The molecule has 0 radical (unpaired) electrons. The SMILES string of the molecule is CN1C(=O)c2ccc3c4ccc5c6c(ccc(c7ccc(c2c37)C1=O)c64)C(=O)N(C)C5=O.O=C1OC(=O)c2ccc3c4ccc5c6c(ccc(c7ccc1c2c73)c64)C(=O)OC5=O. The Morgan fingerprint density at radius 2 is 0.435 bits per heavy atom. The predicted octanol–water partition coefficient (Wildman–Crippen LogP) is 8.55. The van der Waals surface area contributed by atoms with Crippen LogP contribution < -0.4 is 0 Å². The van der Waals surface area contributed by atoms with Gasteiger partial charge in [0.25, 0.3) is 23.6 Å². The van der Waals surface area contributed by atoms with E-state index in [0.29, 0.717) is 66.1 Å². The zero-order chi connectivity index (χ0) is 42.4. The van der Waals surface area contributed by atoms with E-state index < -0.39 is 23.9 Å². The molecule has 0 N–H and O–H groups in total. The Kier molecular flexibility index (Phi) is 6.15. The average Bonchev–Trinajstić information content (AvgIpc) is 3.28. The van der Waals surface area contributed by atoms with Crippen molar-refractivity contribution in [1.29, 1.82) is 0 Å². The lowest BCUT2D eigenvalue weighted by Crippen LogP contribution is -2.37. The number of esters is 4. The summed E-state index contributed by atoms with van der Waals surface area (Å²) in [5.74, 6) is -3.94. The van der Waals surface area contributed by atoms with Gasteiger partial charge in [-0.2, -0.15) is 0 Å². The number of carbonyl (C=O) groups is 8. The minimum absolute atomic E-state index is 0.318. The number of cyclic esters (lactones) is 4. The van der Waals surface area contributed by atoms with Crippen molar-refractivity contribution in [1.82, 2.24) is 9.80 Å². The van der Waals surface area contributed by atoms with Crippen molar-refractivity contribution in [3.05, 3.63) is 142 Å². The number of imide groups is 2. The lowest BCUT2D eigenvalue weighted by molar-refractivity contribution is 0.0373. The molecule has 0 unspecified atom stereocenters. The van der Waals surface area contributed by atoms with Crippen LogP contribution in [0.4, 0.5) is 0 Å². The molecule has 0 aliphatic carbocycles. The average molecular weight is 811 g/mol. The fourth-order valence-electron chi connectivity index (χ4n) is 10.5. The molecule has 4 amide bonds. The molecule has 12 heteroatoms. The molecule has 10 aromatic rings. The third-order valence-electron chi connectivity index (χ3n) is 13.2. The summed E-state index contributed by atoms with van der Waals surface area (Å²) in [6, 6.07) is 28.5. The second-order valence-electron chi connectivity index (χ2n) is 16.0. The minimum Gasteiger partial charge on any atom is -0.386 e. The second-order valence-corrected chi connectivity index (χ2v) is 16.0. The highest BCUT2D eigenvalue weighted by atomic mass is 16.6. The first-order chi connectivity index (χ1) is 29.9. The van der Waals surface area contributed by atoms with E-state index in [1.165, 1.54) is 14.1 Å². The zero-order valence-electron chi connectivity index (χ0n) is 32.2. The van der Waals surface area contributed by atoms with E-state index in [1.807, 2.05) is 48.5 Å². The number of carbonyl (C=O) groups excluding carboxylic acids is 8. The Hall–Kier alpha value is -8.64. The summed E-state index contributed by atoms with van der Waals surface area (Å²) in [5.41, 5.74) is 3.40. The first kappa shape index (κ1) is 34.2. The van der Waals surface area contributed by atoms with Crippen LogP contribution in [-0.4, -0.2) is 71.4 Å². The van der Waals surface area contributed by atoms with Crippen molar-refractivity contribution in [2.45, 2.75) is 0 Å². The van der Waals surface area contributed by atoms with Gasteiger partial charge in [0.05, 0.1) is 22.3 Å². The number of hydrogen-bond donors (Lipinski definition) is 0. The summed E-state index contributed by atoms with van der Waals surface area (Å²) in [6.07, 6.45) is 0. The van der Waals surface area contributed by atoms with E-state index in [1.54, 1.807) is 48.5 Å². The van der Waals surface area contributed by atoms with Crippen molar-refractivity contribution in [2.24, 2.45) is 0 Å². The van der Waals surface area contributed by atoms with E-state index in [2.05, 4.69) is 0 Å². The lowest BCUT2D eigenvalue weighted by atomic mass is 9.82. The number of fused-ring (bicyclic) bond motifs is 4. The number of benzene rings is 10. The summed E-state index contributed by atoms with van der Waals surface area (Å²) in [6.45, 7) is 0. The summed E-state index contributed by atoms with van der Waals surface area (Å²) in [4.78, 5) is 103. The maximum Gasteiger partial charge on any atom is 0.346 e. The molecule has 12 nitrogen and oxygen atoms in total. The molecule has 0 bridgehead atoms. The molecule has 0 saturated carbocycles. The Labute approximate surface area is 346 Å². The minimum atomic E-state index is -0.666. The molecule has 0 spiro atoms. The Balaban J connectivity index is 0.000000126. The van der Waals surface area contributed by atoms with Crippen LogP contribution in [0.3, 0.4) is 0 Å². The number of rotatable bonds is 0. The Bertz CT molecular complexity index is 3520. The van der Waals surface area contributed by atoms with E-state index >= 15 is 0 Å². The molecule has 62 heavy (non-hydrogen) atoms. The van der Waals surface area contributed by atoms with E-state index in [0.717, 1.165) is 74.4 Å². The largest absolute Gasteiger partial charge is 0.386 e. The summed E-state index contributed by atoms with van der Waals surface area (Å²) >= 11 is 0. The van der Waals surface area contributed by atoms with Gasteiger partial charge < -0.3 is 9.47 Å². The predicted molar refractivity (Wildman–Crippen MR) is 228 cm³/mol. The number of amides is 4. The van der Waals surface area contributed by atoms with Gasteiger partial charge in [-0.15, -0.1) is 0 Å². The van der Waals surface area contributed by atoms with Gasteiger partial charge in [0.2, 0.25) is 0 Å². The zero-order valence-corrected chi connectivity index (χ0v) is 32.2. The third-order valence-corrected chi connectivity index (χ3v) is 13.2. The molecule has 4 aliphatic heterocycles. The van der Waals surface area contributed by atoms with Gasteiger partial charge in [0, 0.05) is 57.9 Å². The molecule has 4 heterocycles. The molecular weight excluding hydrogens is 789 g/mol. The van der Waals surface area contributed by atoms with Crippen LogP contribution in [0.2, 0.25) is 0 Å². The quantitative estimate of drug-likeness (QED) is 0.0477. The molecule has 0 fully saturated rings. The summed E-state index contributed by atoms with van der Waals surface area (Å²) in [5, 5.41) is 12.6. The molecular formula is C50H22N2O10. The second kappa shape index (κ2) is 11.1. The molecule has 14 rings (SSSR count). The smallest absolute Gasteiger partial charge is 0.346 e. The monoisotopic (exact) mass is 810 g/mol. The standard InChI is InChI=1S/C26H14N2O4.C24H8O6/c1-27-23(29)15-7-3-11-13-5-9-17-22-18(26(32)28(2)25(17)31)10-6-14(20(13)22)12-4-8-16(24(27)30)21(15)19(11)12;25-21-13-5-1-9-10-2-6-15-20-16(24(28)30-23(15)27)8-4-12(18(10)20)11-3-7-14(22(26)29-21)19(13)17(9)11/h3-10H,1-2H3;1-8H. The van der Waals surface area contributed by atoms with Crippen molar-refractivity contribution < 1.29 is 47.8 Å². The van der Waals surface area contributed by atoms with Gasteiger partial charge in [-0.25, -0.2) is 19.2 Å². The fourth-order valence-corrected chi connectivity index (χ4v) is 10.5. The van der Waals surface area contributed by atoms with Crippen LogP contribution >= 0.6 is 0 Å². The maximum absolute atomic E-state index is 12.8. The highest BCUT2D eigenvalue weighted by Gasteiger charge is 2.36. The lowest BCUT2D eigenvalue weighted by Gasteiger charge is -2.27. The van der Waals surface area contributed by atoms with Crippen molar-refractivity contribution in [3.63, 3.8) is 0 Å². The van der Waals surface area contributed by atoms with Crippen molar-refractivity contribution >= 4 is 134 Å². The van der Waals surface area contributed by atoms with Gasteiger partial charge >= 0.3 is 23.9 Å². The summed E-state index contributed by atoms with van der Waals surface area (Å²) in [7, 11) is 2.99. The Morgan fingerprint density at radius 3 is 0.645 bits per heavy atom. The maximum atomic E-state index is 12.8. The van der Waals surface area contributed by atoms with Gasteiger partial charge in [-0.3, -0.25) is 29.0 Å². The molecule has 0 aromatic heterocycles. The first-order valence-corrected chi connectivity index (χ1v) is 19.5. The van der Waals surface area contributed by atoms with Gasteiger partial charge in [0.15, 0.2) is 0 Å². The first-order valence-electron chi connectivity index (χ1n) is 19.5. The molecule has 0 saturated heterocycles. The van der Waals surface area contributed by atoms with Crippen LogP contribution in [0.25, 0.3) is 86.2 Å². The highest BCUT2D eigenvalue weighted by molar-refractivity contribution is 6.42.